The van der Waals surface area contributed by atoms with Gasteiger partial charge in [0.15, 0.2) is 5.82 Å². The van der Waals surface area contributed by atoms with E-state index in [1.54, 1.807) is 25.6 Å². The van der Waals surface area contributed by atoms with Crippen molar-refractivity contribution < 1.29 is 14.6 Å². The number of hydrogen-bond donors (Lipinski definition) is 2. The average Bonchev–Trinajstić information content (AvgIpc) is 2.82. The fourth-order valence-electron chi connectivity index (χ4n) is 4.53. The Morgan fingerprint density at radius 3 is 2.53 bits per heavy atom. The molecule has 34 heavy (non-hydrogen) atoms. The number of hydrogen-bond acceptors (Lipinski definition) is 7. The van der Waals surface area contributed by atoms with Gasteiger partial charge in [-0.2, -0.15) is 5.26 Å². The summed E-state index contributed by atoms with van der Waals surface area (Å²) in [5, 5.41) is 21.8. The number of carbonyl (C=O) groups is 1. The van der Waals surface area contributed by atoms with Gasteiger partial charge < -0.3 is 20.1 Å². The van der Waals surface area contributed by atoms with Crippen molar-refractivity contribution in [2.45, 2.75) is 70.9 Å². The quantitative estimate of drug-likeness (QED) is 0.499. The Kier molecular flexibility index (Phi) is 8.83. The predicted molar refractivity (Wildman–Crippen MR) is 132 cm³/mol. The zero-order chi connectivity index (χ0) is 24.7. The van der Waals surface area contributed by atoms with Gasteiger partial charge in [0.05, 0.1) is 30.1 Å². The van der Waals surface area contributed by atoms with Crippen molar-refractivity contribution in [2.24, 2.45) is 5.92 Å². The third-order valence-corrected chi connectivity index (χ3v) is 6.35. The average molecular weight is 466 g/mol. The molecule has 0 saturated heterocycles. The fraction of sp³-hybridized carbons (Fsp3) is 0.538. The molecule has 1 atom stereocenters. The molecule has 182 valence electrons. The molecule has 0 unspecified atom stereocenters. The van der Waals surface area contributed by atoms with Crippen LogP contribution in [0.25, 0.3) is 0 Å². The van der Waals surface area contributed by atoms with Gasteiger partial charge in [0, 0.05) is 25.9 Å². The van der Waals surface area contributed by atoms with Crippen LogP contribution in [0.3, 0.4) is 0 Å². The van der Waals surface area contributed by atoms with Crippen molar-refractivity contribution in [2.75, 3.05) is 23.9 Å². The van der Waals surface area contributed by atoms with Crippen molar-refractivity contribution in [3.8, 4) is 6.07 Å². The highest BCUT2D eigenvalue weighted by molar-refractivity contribution is 5.74. The first-order chi connectivity index (χ1) is 16.3. The smallest absolute Gasteiger partial charge is 0.303 e. The Hall–Kier alpha value is -3.18. The Morgan fingerprint density at radius 1 is 1.24 bits per heavy atom. The Morgan fingerprint density at radius 2 is 1.97 bits per heavy atom. The number of pyridine rings is 2. The van der Waals surface area contributed by atoms with Gasteiger partial charge in [0.1, 0.15) is 11.8 Å². The summed E-state index contributed by atoms with van der Waals surface area (Å²) in [6.45, 7) is 7.17. The van der Waals surface area contributed by atoms with E-state index in [1.165, 1.54) is 0 Å². The van der Waals surface area contributed by atoms with E-state index in [0.717, 1.165) is 55.0 Å². The second-order valence-corrected chi connectivity index (χ2v) is 9.52. The highest BCUT2D eigenvalue weighted by Crippen LogP contribution is 2.35. The van der Waals surface area contributed by atoms with Gasteiger partial charge in [-0.1, -0.05) is 20.8 Å². The van der Waals surface area contributed by atoms with Gasteiger partial charge in [-0.15, -0.1) is 0 Å². The lowest BCUT2D eigenvalue weighted by molar-refractivity contribution is -0.137. The lowest BCUT2D eigenvalue weighted by Gasteiger charge is -2.39. The summed E-state index contributed by atoms with van der Waals surface area (Å²) in [4.78, 5) is 22.7. The second-order valence-electron chi connectivity index (χ2n) is 9.52. The second kappa shape index (κ2) is 11.8. The number of carboxylic acids is 1. The molecule has 0 aromatic carbocycles. The van der Waals surface area contributed by atoms with Crippen molar-refractivity contribution in [1.82, 2.24) is 9.97 Å². The van der Waals surface area contributed by atoms with E-state index < -0.39 is 5.97 Å². The van der Waals surface area contributed by atoms with Crippen LogP contribution < -0.4 is 10.2 Å². The summed E-state index contributed by atoms with van der Waals surface area (Å²) < 4.78 is 5.58. The van der Waals surface area contributed by atoms with Gasteiger partial charge in [0.25, 0.3) is 0 Å². The first-order valence-corrected chi connectivity index (χ1v) is 11.9. The molecule has 1 fully saturated rings. The molecule has 8 heteroatoms. The van der Waals surface area contributed by atoms with Gasteiger partial charge >= 0.3 is 5.97 Å². The van der Waals surface area contributed by atoms with Crippen LogP contribution in [0.15, 0.2) is 30.6 Å². The molecular formula is C26H35N5O3. The first-order valence-electron chi connectivity index (χ1n) is 11.9. The first kappa shape index (κ1) is 25.4. The van der Waals surface area contributed by atoms with Crippen LogP contribution in [0.1, 0.15) is 70.1 Å². The number of rotatable bonds is 10. The highest BCUT2D eigenvalue weighted by Gasteiger charge is 2.29. The maximum absolute atomic E-state index is 11.3. The van der Waals surface area contributed by atoms with E-state index in [1.807, 2.05) is 25.1 Å². The number of anilines is 3. The number of nitrogens with zero attached hydrogens (tertiary/aromatic N) is 4. The number of carboxylic acid groups (broad SMARTS) is 1. The van der Waals surface area contributed by atoms with Gasteiger partial charge in [0.2, 0.25) is 0 Å². The summed E-state index contributed by atoms with van der Waals surface area (Å²) in [6, 6.07) is 7.88. The monoisotopic (exact) mass is 465 g/mol. The van der Waals surface area contributed by atoms with Crippen LogP contribution in [0.5, 0.6) is 0 Å². The van der Waals surface area contributed by atoms with Crippen molar-refractivity contribution in [3.05, 3.63) is 41.9 Å². The maximum atomic E-state index is 11.3. The van der Waals surface area contributed by atoms with Crippen molar-refractivity contribution in [3.63, 3.8) is 0 Å². The third kappa shape index (κ3) is 6.67. The molecule has 0 aliphatic heterocycles. The SMILES string of the molecule is COC1CCC(N(CC(C)C)c2ncc([C@H](C)CC(=O)O)cc2Nc2ccc(C#N)nc2)CC1. The zero-order valence-corrected chi connectivity index (χ0v) is 20.5. The van der Waals surface area contributed by atoms with Crippen LogP contribution in [0.4, 0.5) is 17.2 Å². The summed E-state index contributed by atoms with van der Waals surface area (Å²) in [5.41, 5.74) is 2.78. The molecule has 0 radical (unpaired) electrons. The molecule has 2 aromatic heterocycles. The molecule has 0 spiro atoms. The number of aliphatic carboxylic acids is 1. The lowest BCUT2D eigenvalue weighted by atomic mass is 9.91. The Balaban J connectivity index is 1.99. The highest BCUT2D eigenvalue weighted by atomic mass is 16.5. The van der Waals surface area contributed by atoms with E-state index in [9.17, 15) is 9.90 Å². The zero-order valence-electron chi connectivity index (χ0n) is 20.5. The topological polar surface area (TPSA) is 111 Å². The number of nitriles is 1. The predicted octanol–water partition coefficient (Wildman–Crippen LogP) is 5.09. The van der Waals surface area contributed by atoms with Crippen molar-refractivity contribution >= 4 is 23.2 Å². The fourth-order valence-corrected chi connectivity index (χ4v) is 4.53. The maximum Gasteiger partial charge on any atom is 0.303 e. The standard InChI is InChI=1S/C26H35N5O3/c1-17(2)16-31(22-7-9-23(34-4)10-8-22)26-24(30-21-6-5-20(13-27)28-15-21)12-19(14-29-26)18(3)11-25(32)33/h5-6,12,14-15,17-18,22-23,30H,7-11,16H2,1-4H3,(H,32,33)/t18-,22?,23?/m1/s1. The number of nitrogens with one attached hydrogen (secondary N) is 1. The molecule has 3 rings (SSSR count). The molecule has 0 bridgehead atoms. The molecule has 8 nitrogen and oxygen atoms in total. The lowest BCUT2D eigenvalue weighted by Crippen LogP contribution is -2.42. The van der Waals surface area contributed by atoms with Crippen molar-refractivity contribution in [1.29, 1.82) is 5.26 Å². The molecule has 2 heterocycles. The Labute approximate surface area is 202 Å². The van der Waals surface area contributed by atoms with Crippen LogP contribution in [0.2, 0.25) is 0 Å². The van der Waals surface area contributed by atoms with E-state index in [-0.39, 0.29) is 12.3 Å². The largest absolute Gasteiger partial charge is 0.481 e. The van der Waals surface area contributed by atoms with Gasteiger partial charge in [-0.25, -0.2) is 9.97 Å². The molecule has 0 amide bonds. The summed E-state index contributed by atoms with van der Waals surface area (Å²) in [6.07, 6.45) is 7.88. The third-order valence-electron chi connectivity index (χ3n) is 6.35. The molecule has 2 aromatic rings. The van der Waals surface area contributed by atoms with Gasteiger partial charge in [-0.3, -0.25) is 4.79 Å². The Bertz CT molecular complexity index is 994. The number of aromatic nitrogens is 2. The summed E-state index contributed by atoms with van der Waals surface area (Å²) in [5.74, 6) is 0.287. The number of ether oxygens (including phenoxy) is 1. The normalized spacial score (nSPS) is 18.8. The minimum Gasteiger partial charge on any atom is -0.481 e. The van der Waals surface area contributed by atoms with Crippen LogP contribution >= 0.6 is 0 Å². The van der Waals surface area contributed by atoms with E-state index >= 15 is 0 Å². The summed E-state index contributed by atoms with van der Waals surface area (Å²) in [7, 11) is 1.78. The molecule has 1 aliphatic carbocycles. The molecule has 1 aliphatic rings. The molecular weight excluding hydrogens is 430 g/mol. The molecule has 2 N–H and O–H groups in total. The summed E-state index contributed by atoms with van der Waals surface area (Å²) >= 11 is 0. The van der Waals surface area contributed by atoms with E-state index in [4.69, 9.17) is 15.0 Å². The minimum atomic E-state index is -0.835. The van der Waals surface area contributed by atoms with Crippen LogP contribution in [-0.2, 0) is 9.53 Å². The van der Waals surface area contributed by atoms with E-state index in [0.29, 0.717) is 23.8 Å². The molecule has 1 saturated carbocycles. The van der Waals surface area contributed by atoms with Crippen LogP contribution in [0, 0.1) is 17.2 Å². The van der Waals surface area contributed by atoms with E-state index in [2.05, 4.69) is 29.0 Å². The van der Waals surface area contributed by atoms with Crippen LogP contribution in [-0.4, -0.2) is 46.8 Å². The minimum absolute atomic E-state index is 0.0373. The number of methoxy groups -OCH3 is 1. The van der Waals surface area contributed by atoms with Gasteiger partial charge in [-0.05, 0) is 61.3 Å².